The molecule has 2 rings (SSSR count). The molecule has 0 aliphatic rings. The highest BCUT2D eigenvalue weighted by molar-refractivity contribution is 9.10. The lowest BCUT2D eigenvalue weighted by Gasteiger charge is -2.17. The summed E-state index contributed by atoms with van der Waals surface area (Å²) in [7, 11) is 1.76. The molecule has 0 aliphatic carbocycles. The molecule has 21 heavy (non-hydrogen) atoms. The molecule has 1 amide bonds. The zero-order chi connectivity index (χ0) is 15.2. The number of amides is 1. The highest BCUT2D eigenvalue weighted by Crippen LogP contribution is 2.21. The lowest BCUT2D eigenvalue weighted by atomic mass is 10.2. The summed E-state index contributed by atoms with van der Waals surface area (Å²) in [5.74, 6) is 0.171. The average molecular weight is 368 g/mol. The molecule has 2 aromatic carbocycles. The molecule has 0 N–H and O–H groups in total. The number of thioether (sulfide) groups is 1. The number of benzene rings is 2. The molecular weight excluding hydrogens is 353 g/mol. The zero-order valence-corrected chi connectivity index (χ0v) is 14.0. The molecule has 0 aliphatic heterocycles. The van der Waals surface area contributed by atoms with Crippen LogP contribution in [0.3, 0.4) is 0 Å². The van der Waals surface area contributed by atoms with Crippen molar-refractivity contribution in [3.05, 3.63) is 64.4 Å². The Labute approximate surface area is 136 Å². The van der Waals surface area contributed by atoms with Crippen molar-refractivity contribution < 1.29 is 9.18 Å². The third-order valence-electron chi connectivity index (χ3n) is 2.93. The Morgan fingerprint density at radius 3 is 2.38 bits per heavy atom. The van der Waals surface area contributed by atoms with Gasteiger partial charge in [-0.2, -0.15) is 0 Å². The lowest BCUT2D eigenvalue weighted by Crippen LogP contribution is -2.27. The average Bonchev–Trinajstić information content (AvgIpc) is 2.48. The van der Waals surface area contributed by atoms with Crippen molar-refractivity contribution in [3.8, 4) is 0 Å². The van der Waals surface area contributed by atoms with E-state index in [2.05, 4.69) is 15.9 Å². The minimum atomic E-state index is -0.265. The molecule has 0 saturated carbocycles. The Bertz CT molecular complexity index is 601. The molecular formula is C16H15BrFNOS. The summed E-state index contributed by atoms with van der Waals surface area (Å²) in [5.41, 5.74) is 0.917. The fraction of sp³-hybridized carbons (Fsp3) is 0.188. The molecule has 0 radical (unpaired) electrons. The first-order valence-electron chi connectivity index (χ1n) is 6.41. The monoisotopic (exact) mass is 367 g/mol. The zero-order valence-electron chi connectivity index (χ0n) is 11.6. The van der Waals surface area contributed by atoms with E-state index in [0.29, 0.717) is 12.3 Å². The Morgan fingerprint density at radius 1 is 1.14 bits per heavy atom. The summed E-state index contributed by atoms with van der Waals surface area (Å²) in [6.45, 7) is 0.486. The fourth-order valence-electron chi connectivity index (χ4n) is 1.74. The van der Waals surface area contributed by atoms with Crippen LogP contribution in [0.15, 0.2) is 57.9 Å². The molecule has 0 unspecified atom stereocenters. The Hall–Kier alpha value is -1.33. The maximum Gasteiger partial charge on any atom is 0.232 e. The van der Waals surface area contributed by atoms with Crippen molar-refractivity contribution in [2.75, 3.05) is 12.8 Å². The van der Waals surface area contributed by atoms with Gasteiger partial charge in [0.15, 0.2) is 0 Å². The number of halogens is 2. The standard InChI is InChI=1S/C16H15BrFNOS/c1-19(10-12-2-6-14(18)7-3-12)16(20)11-21-15-8-4-13(17)5-9-15/h2-9H,10-11H2,1H3. The number of nitrogens with zero attached hydrogens (tertiary/aromatic N) is 1. The highest BCUT2D eigenvalue weighted by Gasteiger charge is 2.10. The van der Waals surface area contributed by atoms with E-state index in [9.17, 15) is 9.18 Å². The van der Waals surface area contributed by atoms with E-state index in [1.165, 1.54) is 23.9 Å². The minimum absolute atomic E-state index is 0.0484. The van der Waals surface area contributed by atoms with Crippen molar-refractivity contribution in [3.63, 3.8) is 0 Å². The SMILES string of the molecule is CN(Cc1ccc(F)cc1)C(=O)CSc1ccc(Br)cc1. The van der Waals surface area contributed by atoms with Crippen LogP contribution in [-0.2, 0) is 11.3 Å². The first kappa shape index (κ1) is 16.0. The van der Waals surface area contributed by atoms with E-state index in [-0.39, 0.29) is 11.7 Å². The lowest BCUT2D eigenvalue weighted by molar-refractivity contribution is -0.127. The van der Waals surface area contributed by atoms with Gasteiger partial charge in [-0.3, -0.25) is 4.79 Å². The van der Waals surface area contributed by atoms with Gasteiger partial charge in [0, 0.05) is 23.0 Å². The summed E-state index contributed by atoms with van der Waals surface area (Å²) in [6.07, 6.45) is 0. The quantitative estimate of drug-likeness (QED) is 0.732. The largest absolute Gasteiger partial charge is 0.341 e. The summed E-state index contributed by atoms with van der Waals surface area (Å²) >= 11 is 4.89. The summed E-state index contributed by atoms with van der Waals surface area (Å²) < 4.78 is 13.9. The second-order valence-electron chi connectivity index (χ2n) is 4.62. The van der Waals surface area contributed by atoms with Gasteiger partial charge in [0.05, 0.1) is 5.75 Å². The number of rotatable bonds is 5. The normalized spacial score (nSPS) is 10.4. The molecule has 0 fully saturated rings. The van der Waals surface area contributed by atoms with Crippen LogP contribution >= 0.6 is 27.7 Å². The molecule has 0 spiro atoms. The molecule has 0 heterocycles. The van der Waals surface area contributed by atoms with Gasteiger partial charge in [0.25, 0.3) is 0 Å². The van der Waals surface area contributed by atoms with Crippen LogP contribution in [0.25, 0.3) is 0 Å². The van der Waals surface area contributed by atoms with E-state index >= 15 is 0 Å². The summed E-state index contributed by atoms with van der Waals surface area (Å²) in [6, 6.07) is 14.1. The van der Waals surface area contributed by atoms with Crippen LogP contribution in [0.2, 0.25) is 0 Å². The van der Waals surface area contributed by atoms with E-state index in [1.54, 1.807) is 24.1 Å². The van der Waals surface area contributed by atoms with Gasteiger partial charge < -0.3 is 4.90 Å². The summed E-state index contributed by atoms with van der Waals surface area (Å²) in [4.78, 5) is 14.8. The number of hydrogen-bond donors (Lipinski definition) is 0. The van der Waals surface area contributed by atoms with Crippen molar-refractivity contribution in [1.29, 1.82) is 0 Å². The topological polar surface area (TPSA) is 20.3 Å². The Morgan fingerprint density at radius 2 is 1.76 bits per heavy atom. The predicted molar refractivity (Wildman–Crippen MR) is 87.7 cm³/mol. The van der Waals surface area contributed by atoms with Crippen molar-refractivity contribution >= 4 is 33.6 Å². The highest BCUT2D eigenvalue weighted by atomic mass is 79.9. The smallest absolute Gasteiger partial charge is 0.232 e. The van der Waals surface area contributed by atoms with Crippen LogP contribution in [0, 0.1) is 5.82 Å². The molecule has 0 bridgehead atoms. The van der Waals surface area contributed by atoms with Gasteiger partial charge in [-0.05, 0) is 42.0 Å². The Balaban J connectivity index is 1.84. The summed E-state index contributed by atoms with van der Waals surface area (Å²) in [5, 5.41) is 0. The first-order chi connectivity index (χ1) is 10.0. The molecule has 0 aromatic heterocycles. The number of carbonyl (C=O) groups is 1. The molecule has 110 valence electrons. The van der Waals surface area contributed by atoms with Crippen molar-refractivity contribution in [2.24, 2.45) is 0 Å². The number of carbonyl (C=O) groups excluding carboxylic acids is 1. The molecule has 2 aromatic rings. The predicted octanol–water partition coefficient (Wildman–Crippen LogP) is 4.34. The third-order valence-corrected chi connectivity index (χ3v) is 4.46. The molecule has 0 atom stereocenters. The minimum Gasteiger partial charge on any atom is -0.341 e. The fourth-order valence-corrected chi connectivity index (χ4v) is 2.84. The Kier molecular flexibility index (Phi) is 5.82. The third kappa shape index (κ3) is 5.17. The van der Waals surface area contributed by atoms with Crippen LogP contribution in [-0.4, -0.2) is 23.6 Å². The first-order valence-corrected chi connectivity index (χ1v) is 8.19. The van der Waals surface area contributed by atoms with Crippen LogP contribution in [0.1, 0.15) is 5.56 Å². The van der Waals surface area contributed by atoms with Gasteiger partial charge in [0.2, 0.25) is 5.91 Å². The van der Waals surface area contributed by atoms with E-state index in [0.717, 1.165) is 14.9 Å². The van der Waals surface area contributed by atoms with Crippen LogP contribution < -0.4 is 0 Å². The molecule has 2 nitrogen and oxygen atoms in total. The maximum atomic E-state index is 12.8. The maximum absolute atomic E-state index is 12.8. The van der Waals surface area contributed by atoms with Crippen LogP contribution in [0.5, 0.6) is 0 Å². The van der Waals surface area contributed by atoms with E-state index < -0.39 is 0 Å². The van der Waals surface area contributed by atoms with Crippen molar-refractivity contribution in [2.45, 2.75) is 11.4 Å². The van der Waals surface area contributed by atoms with Gasteiger partial charge in [-0.25, -0.2) is 4.39 Å². The van der Waals surface area contributed by atoms with Gasteiger partial charge in [-0.15, -0.1) is 11.8 Å². The number of hydrogen-bond acceptors (Lipinski definition) is 2. The van der Waals surface area contributed by atoms with Gasteiger partial charge >= 0.3 is 0 Å². The van der Waals surface area contributed by atoms with E-state index in [4.69, 9.17) is 0 Å². The van der Waals surface area contributed by atoms with Gasteiger partial charge in [-0.1, -0.05) is 28.1 Å². The van der Waals surface area contributed by atoms with Crippen LogP contribution in [0.4, 0.5) is 4.39 Å². The van der Waals surface area contributed by atoms with Crippen molar-refractivity contribution in [1.82, 2.24) is 4.90 Å². The second kappa shape index (κ2) is 7.61. The molecule has 5 heteroatoms. The second-order valence-corrected chi connectivity index (χ2v) is 6.58. The molecule has 0 saturated heterocycles. The van der Waals surface area contributed by atoms with E-state index in [1.807, 2.05) is 24.3 Å². The van der Waals surface area contributed by atoms with Gasteiger partial charge in [0.1, 0.15) is 5.82 Å².